The summed E-state index contributed by atoms with van der Waals surface area (Å²) in [5.41, 5.74) is 0. The van der Waals surface area contributed by atoms with Crippen LogP contribution in [0, 0.1) is 17.2 Å². The maximum absolute atomic E-state index is 9.92. The van der Waals surface area contributed by atoms with E-state index in [1.54, 1.807) is 0 Å². The zero-order valence-electron chi connectivity index (χ0n) is 9.02. The predicted octanol–water partition coefficient (Wildman–Crippen LogP) is 0.340. The molecule has 0 spiro atoms. The lowest BCUT2D eigenvalue weighted by atomic mass is 10.2. The van der Waals surface area contributed by atoms with Crippen molar-refractivity contribution >= 4 is 14.9 Å². The molecule has 6 nitrogen and oxygen atoms in total. The Balaban J connectivity index is 4.49. The minimum Gasteiger partial charge on any atom is -0.377 e. The Morgan fingerprint density at radius 1 is 1.33 bits per heavy atom. The van der Waals surface area contributed by atoms with Gasteiger partial charge in [-0.15, -0.1) is 0 Å². The van der Waals surface area contributed by atoms with E-state index in [0.29, 0.717) is 6.04 Å². The largest absolute Gasteiger partial charge is 0.501 e. The van der Waals surface area contributed by atoms with Crippen molar-refractivity contribution in [1.82, 2.24) is 0 Å². The molecule has 0 aromatic rings. The van der Waals surface area contributed by atoms with E-state index in [9.17, 15) is 4.79 Å². The SMILES string of the molecule is CO[Si](CC(C#N)CN=C=O)(OC)OC. The van der Waals surface area contributed by atoms with E-state index in [2.05, 4.69) is 4.99 Å². The number of aliphatic imine (C=N–C) groups is 1. The van der Waals surface area contributed by atoms with Gasteiger partial charge in [0.25, 0.3) is 0 Å². The molecule has 7 heteroatoms. The third-order valence-corrected chi connectivity index (χ3v) is 4.85. The topological polar surface area (TPSA) is 80.9 Å². The molecule has 1 atom stereocenters. The molecule has 0 N–H and O–H groups in total. The second kappa shape index (κ2) is 7.28. The summed E-state index contributed by atoms with van der Waals surface area (Å²) in [4.78, 5) is 13.3. The number of hydrogen-bond donors (Lipinski definition) is 0. The van der Waals surface area contributed by atoms with Crippen molar-refractivity contribution in [3.63, 3.8) is 0 Å². The number of rotatable bonds is 7. The van der Waals surface area contributed by atoms with Crippen LogP contribution in [0.5, 0.6) is 0 Å². The van der Waals surface area contributed by atoms with E-state index >= 15 is 0 Å². The van der Waals surface area contributed by atoms with Gasteiger partial charge in [-0.2, -0.15) is 5.26 Å². The first-order chi connectivity index (χ1) is 7.17. The van der Waals surface area contributed by atoms with Crippen molar-refractivity contribution in [2.24, 2.45) is 10.9 Å². The molecule has 0 saturated heterocycles. The monoisotopic (exact) mass is 230 g/mol. The van der Waals surface area contributed by atoms with Crippen molar-refractivity contribution < 1.29 is 18.1 Å². The van der Waals surface area contributed by atoms with Crippen molar-refractivity contribution in [1.29, 1.82) is 5.26 Å². The maximum Gasteiger partial charge on any atom is 0.501 e. The summed E-state index contributed by atoms with van der Waals surface area (Å²) < 4.78 is 15.5. The molecule has 84 valence electrons. The highest BCUT2D eigenvalue weighted by Crippen LogP contribution is 2.19. The Morgan fingerprint density at radius 3 is 2.20 bits per heavy atom. The molecule has 0 aliphatic rings. The van der Waals surface area contributed by atoms with Crippen molar-refractivity contribution in [2.45, 2.75) is 6.04 Å². The number of hydrogen-bond acceptors (Lipinski definition) is 6. The molecule has 0 heterocycles. The summed E-state index contributed by atoms with van der Waals surface area (Å²) in [6.07, 6.45) is 1.39. The Labute approximate surface area is 89.8 Å². The van der Waals surface area contributed by atoms with Gasteiger partial charge in [0.1, 0.15) is 0 Å². The average molecular weight is 230 g/mol. The molecule has 0 fully saturated rings. The van der Waals surface area contributed by atoms with Crippen molar-refractivity contribution in [3.05, 3.63) is 0 Å². The molecule has 0 amide bonds. The quantitative estimate of drug-likeness (QED) is 0.358. The Bertz CT molecular complexity index is 260. The average Bonchev–Trinajstić information content (AvgIpc) is 2.30. The lowest BCUT2D eigenvalue weighted by Gasteiger charge is -2.25. The van der Waals surface area contributed by atoms with Crippen LogP contribution in [0.25, 0.3) is 0 Å². The third-order valence-electron chi connectivity index (χ3n) is 1.99. The van der Waals surface area contributed by atoms with Crippen LogP contribution in [0.3, 0.4) is 0 Å². The van der Waals surface area contributed by atoms with E-state index in [-0.39, 0.29) is 6.54 Å². The normalized spacial score (nSPS) is 12.7. The summed E-state index contributed by atoms with van der Waals surface area (Å²) in [5, 5.41) is 8.82. The molecule has 0 radical (unpaired) electrons. The molecular formula is C8H14N2O4Si. The van der Waals surface area contributed by atoms with Crippen LogP contribution in [0.15, 0.2) is 4.99 Å². The first-order valence-electron chi connectivity index (χ1n) is 4.26. The Kier molecular flexibility index (Phi) is 6.78. The van der Waals surface area contributed by atoms with Crippen LogP contribution in [-0.2, 0) is 18.1 Å². The molecule has 1 unspecified atom stereocenters. The second-order valence-electron chi connectivity index (χ2n) is 2.76. The highest BCUT2D eigenvalue weighted by Gasteiger charge is 2.40. The molecular weight excluding hydrogens is 216 g/mol. The van der Waals surface area contributed by atoms with Gasteiger partial charge in [0.2, 0.25) is 6.08 Å². The van der Waals surface area contributed by atoms with Gasteiger partial charge in [-0.3, -0.25) is 0 Å². The van der Waals surface area contributed by atoms with Gasteiger partial charge in [-0.1, -0.05) is 0 Å². The maximum atomic E-state index is 9.92. The van der Waals surface area contributed by atoms with Gasteiger partial charge >= 0.3 is 8.80 Å². The summed E-state index contributed by atoms with van der Waals surface area (Å²) in [5.74, 6) is -0.460. The molecule has 0 aromatic heterocycles. The minimum atomic E-state index is -2.76. The summed E-state index contributed by atoms with van der Waals surface area (Å²) in [6, 6.07) is 2.32. The first-order valence-corrected chi connectivity index (χ1v) is 6.20. The first kappa shape index (κ1) is 14.0. The standard InChI is InChI=1S/C8H14N2O4Si/c1-12-15(13-2,14-3)6-8(4-9)5-10-7-11/h8H,5-6H2,1-3H3. The highest BCUT2D eigenvalue weighted by atomic mass is 28.4. The van der Waals surface area contributed by atoms with E-state index in [0.717, 1.165) is 0 Å². The van der Waals surface area contributed by atoms with Gasteiger partial charge in [-0.05, 0) is 0 Å². The van der Waals surface area contributed by atoms with E-state index in [1.807, 2.05) is 6.07 Å². The molecule has 15 heavy (non-hydrogen) atoms. The fourth-order valence-corrected chi connectivity index (χ4v) is 2.92. The van der Waals surface area contributed by atoms with E-state index < -0.39 is 14.7 Å². The molecule has 0 aromatic carbocycles. The minimum absolute atomic E-state index is 0.0881. The van der Waals surface area contributed by atoms with E-state index in [4.69, 9.17) is 18.5 Å². The highest BCUT2D eigenvalue weighted by molar-refractivity contribution is 6.60. The van der Waals surface area contributed by atoms with Crippen LogP contribution < -0.4 is 0 Å². The van der Waals surface area contributed by atoms with Gasteiger partial charge in [0, 0.05) is 27.4 Å². The molecule has 0 bridgehead atoms. The number of nitrogens with zero attached hydrogens (tertiary/aromatic N) is 2. The summed E-state index contributed by atoms with van der Waals surface area (Å²) in [7, 11) is 1.64. The van der Waals surface area contributed by atoms with Gasteiger partial charge in [-0.25, -0.2) is 9.79 Å². The van der Waals surface area contributed by atoms with Crippen LogP contribution in [0.4, 0.5) is 0 Å². The lowest BCUT2D eigenvalue weighted by Crippen LogP contribution is -2.44. The Hall–Kier alpha value is -1.03. The fourth-order valence-electron chi connectivity index (χ4n) is 1.10. The van der Waals surface area contributed by atoms with E-state index in [1.165, 1.54) is 27.4 Å². The Morgan fingerprint density at radius 2 is 1.87 bits per heavy atom. The molecule has 0 aliphatic carbocycles. The van der Waals surface area contributed by atoms with Crippen molar-refractivity contribution in [2.75, 3.05) is 27.9 Å². The number of carbonyl (C=O) groups excluding carboxylic acids is 1. The zero-order chi connectivity index (χ0) is 11.7. The van der Waals surface area contributed by atoms with Crippen LogP contribution >= 0.6 is 0 Å². The molecule has 0 aliphatic heterocycles. The summed E-state index contributed by atoms with van der Waals surface area (Å²) in [6.45, 7) is 0.0881. The fraction of sp³-hybridized carbons (Fsp3) is 0.750. The van der Waals surface area contributed by atoms with Crippen molar-refractivity contribution in [3.8, 4) is 6.07 Å². The van der Waals surface area contributed by atoms with Crippen LogP contribution in [0.2, 0.25) is 6.04 Å². The van der Waals surface area contributed by atoms with Crippen LogP contribution in [0.1, 0.15) is 0 Å². The van der Waals surface area contributed by atoms with Crippen LogP contribution in [-0.4, -0.2) is 42.8 Å². The van der Waals surface area contributed by atoms with Gasteiger partial charge in [0.15, 0.2) is 0 Å². The smallest absolute Gasteiger partial charge is 0.377 e. The van der Waals surface area contributed by atoms with Gasteiger partial charge in [0.05, 0.1) is 18.5 Å². The van der Waals surface area contributed by atoms with Gasteiger partial charge < -0.3 is 13.3 Å². The zero-order valence-corrected chi connectivity index (χ0v) is 10.0. The number of nitriles is 1. The predicted molar refractivity (Wildman–Crippen MR) is 53.7 cm³/mol. The number of isocyanates is 1. The third kappa shape index (κ3) is 4.34. The summed E-state index contributed by atoms with van der Waals surface area (Å²) >= 11 is 0. The molecule has 0 saturated carbocycles. The molecule has 0 rings (SSSR count). The second-order valence-corrected chi connectivity index (χ2v) is 5.76. The lowest BCUT2D eigenvalue weighted by molar-refractivity contribution is 0.120.